The maximum atomic E-state index is 13.3. The van der Waals surface area contributed by atoms with Gasteiger partial charge >= 0.3 is 6.98 Å². The minimum absolute atomic E-state index is 0.103. The Morgan fingerprint density at radius 1 is 1.10 bits per heavy atom. The highest BCUT2D eigenvalue weighted by molar-refractivity contribution is 6.76. The minimum atomic E-state index is -5.13. The molecule has 0 amide bonds. The molecule has 0 saturated carbocycles. The van der Waals surface area contributed by atoms with E-state index < -0.39 is 12.4 Å². The summed E-state index contributed by atoms with van der Waals surface area (Å²) in [6.45, 7) is -1.24. The molecule has 0 heterocycles. The van der Waals surface area contributed by atoms with Gasteiger partial charge in [-0.15, -0.1) is 0 Å². The third kappa shape index (κ3) is 3.15. The van der Waals surface area contributed by atoms with Crippen LogP contribution in [0.15, 0.2) is 48.0 Å². The van der Waals surface area contributed by atoms with Crippen LogP contribution in [0, 0.1) is 0 Å². The first-order chi connectivity index (χ1) is 9.39. The number of hydrogen-bond acceptors (Lipinski definition) is 1. The van der Waals surface area contributed by atoms with E-state index in [1.54, 1.807) is 30.3 Å². The Morgan fingerprint density at radius 3 is 2.45 bits per heavy atom. The van der Waals surface area contributed by atoms with Crippen molar-refractivity contribution in [3.63, 3.8) is 0 Å². The monoisotopic (exact) mass is 279 g/mol. The normalized spacial score (nSPS) is 11.4. The Labute approximate surface area is 116 Å². The van der Waals surface area contributed by atoms with E-state index in [4.69, 9.17) is 4.74 Å². The highest BCUT2D eigenvalue weighted by Crippen LogP contribution is 2.25. The van der Waals surface area contributed by atoms with E-state index in [0.29, 0.717) is 5.39 Å². The van der Waals surface area contributed by atoms with E-state index in [9.17, 15) is 12.9 Å². The summed E-state index contributed by atoms with van der Waals surface area (Å²) in [6.07, 6.45) is 1.75. The lowest BCUT2D eigenvalue weighted by molar-refractivity contribution is 0.362. The van der Waals surface area contributed by atoms with Gasteiger partial charge in [0, 0.05) is 0 Å². The number of benzene rings is 2. The van der Waals surface area contributed by atoms with Crippen LogP contribution in [-0.2, 0) is 0 Å². The maximum Gasteiger partial charge on any atom is 0.513 e. The van der Waals surface area contributed by atoms with Gasteiger partial charge in [-0.3, -0.25) is 0 Å². The molecular weight excluding hydrogens is 264 g/mol. The Balaban J connectivity index is 2.51. The molecule has 0 aromatic heterocycles. The van der Waals surface area contributed by atoms with Crippen molar-refractivity contribution in [3.8, 4) is 5.75 Å². The van der Waals surface area contributed by atoms with Crippen molar-refractivity contribution in [1.82, 2.24) is 0 Å². The van der Waals surface area contributed by atoms with Crippen LogP contribution in [0.3, 0.4) is 0 Å². The van der Waals surface area contributed by atoms with Crippen molar-refractivity contribution in [3.05, 3.63) is 48.0 Å². The summed E-state index contributed by atoms with van der Waals surface area (Å²) in [5.74, 6) is -0.103. The highest BCUT2D eigenvalue weighted by atomic mass is 19.4. The molecule has 5 heteroatoms. The van der Waals surface area contributed by atoms with Gasteiger partial charge in [0.1, 0.15) is 6.61 Å². The second kappa shape index (κ2) is 5.61. The predicted molar refractivity (Wildman–Crippen MR) is 77.6 cm³/mol. The summed E-state index contributed by atoms with van der Waals surface area (Å²) in [6, 6.07) is 9.52. The quantitative estimate of drug-likeness (QED) is 0.601. The largest absolute Gasteiger partial charge is 0.513 e. The fraction of sp³-hybridized carbons (Fsp3) is 0.200. The Kier molecular flexibility index (Phi) is 4.07. The summed E-state index contributed by atoms with van der Waals surface area (Å²) in [4.78, 5) is 0. The van der Waals surface area contributed by atoms with Crippen LogP contribution < -0.4 is 10.2 Å². The second-order valence-corrected chi connectivity index (χ2v) is 4.87. The lowest BCUT2D eigenvalue weighted by Gasteiger charge is -2.22. The van der Waals surface area contributed by atoms with E-state index in [-0.39, 0.29) is 17.7 Å². The first-order valence-electron chi connectivity index (χ1n) is 6.37. The average molecular weight is 279 g/mol. The smallest absolute Gasteiger partial charge is 0.493 e. The van der Waals surface area contributed by atoms with Gasteiger partial charge in [-0.2, -0.15) is 0 Å². The summed E-state index contributed by atoms with van der Waals surface area (Å²) in [5.41, 5.74) is 0.357. The van der Waals surface area contributed by atoms with Crippen LogP contribution in [0.25, 0.3) is 10.8 Å². The lowest BCUT2D eigenvalue weighted by atomic mass is 9.76. The molecule has 2 aromatic rings. The summed E-state index contributed by atoms with van der Waals surface area (Å²) >= 11 is 0. The third-order valence-corrected chi connectivity index (χ3v) is 2.99. The molecule has 0 bridgehead atoms. The third-order valence-electron chi connectivity index (χ3n) is 2.99. The van der Waals surface area contributed by atoms with Crippen molar-refractivity contribution in [1.29, 1.82) is 0 Å². The van der Waals surface area contributed by atoms with Crippen LogP contribution in [0.2, 0.25) is 0 Å². The van der Waals surface area contributed by atoms with Crippen molar-refractivity contribution in [2.24, 2.45) is 0 Å². The van der Waals surface area contributed by atoms with Crippen LogP contribution in [0.1, 0.15) is 13.8 Å². The van der Waals surface area contributed by atoms with Gasteiger partial charge in [-0.05, 0) is 36.8 Å². The Hall–Kier alpha value is -1.91. The average Bonchev–Trinajstić information content (AvgIpc) is 2.36. The standard InChI is InChI=1S/C15H15BF3O/c1-11(2)9-10-20-14-8-7-12-5-3-4-6-13(12)15(14)16(17,18)19/h3-9H,10H2,1-2H3/q-1. The van der Waals surface area contributed by atoms with Crippen LogP contribution in [-0.4, -0.2) is 13.6 Å². The predicted octanol–water partition coefficient (Wildman–Crippen LogP) is 4.24. The fourth-order valence-corrected chi connectivity index (χ4v) is 2.04. The molecule has 0 N–H and O–H groups in total. The van der Waals surface area contributed by atoms with Gasteiger partial charge in [0.05, 0.1) is 5.75 Å². The molecule has 0 atom stereocenters. The molecule has 106 valence electrons. The zero-order valence-electron chi connectivity index (χ0n) is 11.4. The molecule has 0 unspecified atom stereocenters. The number of halogens is 3. The fourth-order valence-electron chi connectivity index (χ4n) is 2.04. The molecule has 0 saturated heterocycles. The van der Waals surface area contributed by atoms with E-state index in [1.165, 1.54) is 12.1 Å². The zero-order valence-corrected chi connectivity index (χ0v) is 11.4. The number of rotatable bonds is 4. The zero-order chi connectivity index (χ0) is 14.8. The maximum absolute atomic E-state index is 13.3. The number of allylic oxidation sites excluding steroid dienone is 1. The molecule has 0 aliphatic rings. The second-order valence-electron chi connectivity index (χ2n) is 4.87. The van der Waals surface area contributed by atoms with Gasteiger partial charge in [0.2, 0.25) is 0 Å². The molecule has 0 aliphatic heterocycles. The molecular formula is C15H15BF3O-. The molecule has 1 nitrogen and oxygen atoms in total. The van der Waals surface area contributed by atoms with Crippen molar-refractivity contribution < 1.29 is 17.7 Å². The molecule has 0 aliphatic carbocycles. The van der Waals surface area contributed by atoms with Crippen LogP contribution >= 0.6 is 0 Å². The molecule has 2 rings (SSSR count). The number of ether oxygens (including phenoxy) is 1. The van der Waals surface area contributed by atoms with Gasteiger partial charge in [-0.25, -0.2) is 0 Å². The van der Waals surface area contributed by atoms with Crippen molar-refractivity contribution >= 4 is 23.2 Å². The van der Waals surface area contributed by atoms with Crippen molar-refractivity contribution in [2.75, 3.05) is 6.61 Å². The van der Waals surface area contributed by atoms with Gasteiger partial charge < -0.3 is 17.7 Å². The van der Waals surface area contributed by atoms with Crippen LogP contribution in [0.4, 0.5) is 12.9 Å². The summed E-state index contributed by atoms with van der Waals surface area (Å²) < 4.78 is 45.3. The minimum Gasteiger partial charge on any atom is -0.493 e. The van der Waals surface area contributed by atoms with Gasteiger partial charge in [-0.1, -0.05) is 41.4 Å². The molecule has 0 fully saturated rings. The molecule has 20 heavy (non-hydrogen) atoms. The van der Waals surface area contributed by atoms with Crippen LogP contribution in [0.5, 0.6) is 5.75 Å². The number of hydrogen-bond donors (Lipinski definition) is 0. The summed E-state index contributed by atoms with van der Waals surface area (Å²) in [5, 5.41) is 0.756. The molecule has 0 spiro atoms. The Morgan fingerprint density at radius 2 is 1.80 bits per heavy atom. The van der Waals surface area contributed by atoms with Gasteiger partial charge in [0.25, 0.3) is 0 Å². The van der Waals surface area contributed by atoms with E-state index >= 15 is 0 Å². The molecule has 2 aromatic carbocycles. The Bertz CT molecular complexity index is 643. The highest BCUT2D eigenvalue weighted by Gasteiger charge is 2.31. The van der Waals surface area contributed by atoms with Gasteiger partial charge in [0.15, 0.2) is 0 Å². The van der Waals surface area contributed by atoms with Crippen molar-refractivity contribution in [2.45, 2.75) is 13.8 Å². The first-order valence-corrected chi connectivity index (χ1v) is 6.37. The molecule has 0 radical (unpaired) electrons. The lowest BCUT2D eigenvalue weighted by Crippen LogP contribution is -2.36. The van der Waals surface area contributed by atoms with E-state index in [2.05, 4.69) is 0 Å². The topological polar surface area (TPSA) is 9.23 Å². The first kappa shape index (κ1) is 14.5. The SMILES string of the molecule is CC(C)=CCOc1ccc2ccccc2c1[B-](F)(F)F. The summed E-state index contributed by atoms with van der Waals surface area (Å²) in [7, 11) is 0. The van der Waals surface area contributed by atoms with E-state index in [0.717, 1.165) is 5.57 Å². The number of fused-ring (bicyclic) bond motifs is 1. The van der Waals surface area contributed by atoms with E-state index in [1.807, 2.05) is 13.8 Å².